The minimum atomic E-state index is 0.707. The monoisotopic (exact) mass is 446 g/mol. The topological polar surface area (TPSA) is 70.2 Å². The minimum Gasteiger partial charge on any atom is -0.378 e. The second-order valence-corrected chi connectivity index (χ2v) is 8.62. The van der Waals surface area contributed by atoms with Gasteiger partial charge in [0.25, 0.3) is 0 Å². The normalized spacial score (nSPS) is 14.4. The van der Waals surface area contributed by atoms with Gasteiger partial charge in [-0.15, -0.1) is 12.6 Å². The lowest BCUT2D eigenvalue weighted by atomic mass is 10.1. The molecule has 32 heavy (non-hydrogen) atoms. The van der Waals surface area contributed by atoms with Gasteiger partial charge in [0.05, 0.1) is 18.9 Å². The van der Waals surface area contributed by atoms with Crippen molar-refractivity contribution in [2.75, 3.05) is 38.3 Å². The maximum Gasteiger partial charge on any atom is 0.162 e. The third-order valence-corrected chi connectivity index (χ3v) is 5.86. The van der Waals surface area contributed by atoms with E-state index in [2.05, 4.69) is 57.6 Å². The van der Waals surface area contributed by atoms with Crippen LogP contribution < -0.4 is 4.90 Å². The number of benzene rings is 1. The highest BCUT2D eigenvalue weighted by molar-refractivity contribution is 7.80. The summed E-state index contributed by atoms with van der Waals surface area (Å²) in [4.78, 5) is 22.9. The molecule has 0 bridgehead atoms. The second kappa shape index (κ2) is 9.28. The number of H-pyrrole nitrogens is 1. The smallest absolute Gasteiger partial charge is 0.162 e. The van der Waals surface area contributed by atoms with Crippen molar-refractivity contribution < 1.29 is 4.74 Å². The van der Waals surface area contributed by atoms with Crippen LogP contribution in [0.5, 0.6) is 0 Å². The molecule has 0 amide bonds. The van der Waals surface area contributed by atoms with Gasteiger partial charge in [0.1, 0.15) is 5.82 Å². The van der Waals surface area contributed by atoms with Gasteiger partial charge in [0, 0.05) is 72.2 Å². The maximum absolute atomic E-state index is 5.55. The van der Waals surface area contributed by atoms with Crippen LogP contribution in [0, 0.1) is 0 Å². The van der Waals surface area contributed by atoms with Crippen LogP contribution in [0.2, 0.25) is 0 Å². The number of fused-ring (bicyclic) bond motifs is 1. The molecule has 1 aromatic carbocycles. The number of aromatic amines is 1. The Balaban J connectivity index is 1.52. The molecule has 0 aliphatic carbocycles. The van der Waals surface area contributed by atoms with E-state index in [1.54, 1.807) is 6.20 Å². The molecule has 0 spiro atoms. The molecule has 4 aromatic rings. The van der Waals surface area contributed by atoms with Crippen LogP contribution in [0.1, 0.15) is 11.3 Å². The molecule has 164 valence electrons. The Morgan fingerprint density at radius 3 is 2.81 bits per heavy atom. The van der Waals surface area contributed by atoms with Gasteiger partial charge in [0.2, 0.25) is 0 Å². The van der Waals surface area contributed by atoms with Crippen molar-refractivity contribution in [3.05, 3.63) is 66.2 Å². The van der Waals surface area contributed by atoms with Crippen LogP contribution in [-0.4, -0.2) is 58.2 Å². The van der Waals surface area contributed by atoms with E-state index in [1.165, 1.54) is 5.56 Å². The third-order valence-electron chi connectivity index (χ3n) is 5.60. The Bertz CT molecular complexity index is 1210. The van der Waals surface area contributed by atoms with Crippen LogP contribution in [-0.2, 0) is 17.8 Å². The molecule has 4 heterocycles. The quantitative estimate of drug-likeness (QED) is 0.440. The van der Waals surface area contributed by atoms with Crippen molar-refractivity contribution in [2.45, 2.75) is 18.0 Å². The molecule has 0 unspecified atom stereocenters. The van der Waals surface area contributed by atoms with Crippen LogP contribution in [0.25, 0.3) is 22.3 Å². The fourth-order valence-corrected chi connectivity index (χ4v) is 4.37. The van der Waals surface area contributed by atoms with Gasteiger partial charge in [-0.2, -0.15) is 0 Å². The zero-order chi connectivity index (χ0) is 21.9. The van der Waals surface area contributed by atoms with E-state index in [0.717, 1.165) is 58.3 Å². The van der Waals surface area contributed by atoms with Crippen molar-refractivity contribution in [1.29, 1.82) is 0 Å². The van der Waals surface area contributed by atoms with Gasteiger partial charge in [-0.05, 0) is 36.9 Å². The summed E-state index contributed by atoms with van der Waals surface area (Å²) < 4.78 is 5.55. The molecule has 7 nitrogen and oxygen atoms in total. The Morgan fingerprint density at radius 1 is 1.12 bits per heavy atom. The summed E-state index contributed by atoms with van der Waals surface area (Å²) in [6.07, 6.45) is 5.64. The van der Waals surface area contributed by atoms with Crippen LogP contribution >= 0.6 is 12.6 Å². The summed E-state index contributed by atoms with van der Waals surface area (Å²) in [5, 5.41) is 1.09. The average Bonchev–Trinajstić information content (AvgIpc) is 3.28. The molecule has 1 fully saturated rings. The van der Waals surface area contributed by atoms with E-state index >= 15 is 0 Å². The number of anilines is 1. The van der Waals surface area contributed by atoms with Crippen molar-refractivity contribution in [3.63, 3.8) is 0 Å². The van der Waals surface area contributed by atoms with E-state index < -0.39 is 0 Å². The molecule has 0 atom stereocenters. The first-order valence-electron chi connectivity index (χ1n) is 10.7. The Hall–Kier alpha value is -2.94. The molecule has 1 N–H and O–H groups in total. The fraction of sp³-hybridized carbons (Fsp3) is 0.292. The molecule has 5 rings (SSSR count). The van der Waals surface area contributed by atoms with Crippen molar-refractivity contribution in [2.24, 2.45) is 0 Å². The molecule has 1 aliphatic heterocycles. The van der Waals surface area contributed by atoms with Crippen molar-refractivity contribution in [1.82, 2.24) is 24.8 Å². The number of rotatable bonds is 6. The summed E-state index contributed by atoms with van der Waals surface area (Å²) in [6, 6.07) is 12.3. The predicted molar refractivity (Wildman–Crippen MR) is 129 cm³/mol. The zero-order valence-corrected chi connectivity index (χ0v) is 18.9. The summed E-state index contributed by atoms with van der Waals surface area (Å²) in [5.41, 5.74) is 4.17. The number of morpholine rings is 1. The Morgan fingerprint density at radius 2 is 2.00 bits per heavy atom. The number of aromatic nitrogens is 4. The molecule has 8 heteroatoms. The number of nitrogens with one attached hydrogen (secondary N) is 1. The molecule has 1 saturated heterocycles. The van der Waals surface area contributed by atoms with Crippen molar-refractivity contribution in [3.8, 4) is 11.4 Å². The number of thiol groups is 1. The Labute approximate surface area is 192 Å². The first-order valence-corrected chi connectivity index (χ1v) is 11.2. The van der Waals surface area contributed by atoms with Crippen molar-refractivity contribution >= 4 is 29.3 Å². The van der Waals surface area contributed by atoms with E-state index in [1.807, 2.05) is 30.6 Å². The first kappa shape index (κ1) is 20.9. The minimum absolute atomic E-state index is 0.707. The average molecular weight is 447 g/mol. The third kappa shape index (κ3) is 4.62. The van der Waals surface area contributed by atoms with Gasteiger partial charge in [-0.3, -0.25) is 9.88 Å². The number of pyridine rings is 1. The van der Waals surface area contributed by atoms with Crippen LogP contribution in [0.3, 0.4) is 0 Å². The highest BCUT2D eigenvalue weighted by Gasteiger charge is 2.18. The van der Waals surface area contributed by atoms with Crippen LogP contribution in [0.15, 0.2) is 59.9 Å². The van der Waals surface area contributed by atoms with E-state index in [-0.39, 0.29) is 0 Å². The van der Waals surface area contributed by atoms with E-state index in [4.69, 9.17) is 14.7 Å². The SMILES string of the molecule is CN(Cc1cccnc1)Cc1cc(N2CCOCC2)nc(-c2cc(S)cc3[nH]ccc23)n1. The van der Waals surface area contributed by atoms with Gasteiger partial charge in [0.15, 0.2) is 5.82 Å². The number of hydrogen-bond donors (Lipinski definition) is 2. The Kier molecular flexibility index (Phi) is 6.07. The lowest BCUT2D eigenvalue weighted by Gasteiger charge is -2.28. The molecule has 3 aromatic heterocycles. The molecule has 0 radical (unpaired) electrons. The molecular weight excluding hydrogens is 420 g/mol. The first-order chi connectivity index (χ1) is 15.7. The summed E-state index contributed by atoms with van der Waals surface area (Å²) in [7, 11) is 2.10. The summed E-state index contributed by atoms with van der Waals surface area (Å²) >= 11 is 4.60. The van der Waals surface area contributed by atoms with Crippen LogP contribution in [0.4, 0.5) is 5.82 Å². The maximum atomic E-state index is 5.55. The lowest BCUT2D eigenvalue weighted by Crippen LogP contribution is -2.37. The standard InChI is InChI=1S/C24H26N6OS/c1-29(15-17-3-2-5-25-14-17)16-18-11-23(30-7-9-31-10-8-30)28-24(27-18)21-12-19(32)13-22-20(21)4-6-26-22/h2-6,11-14,26,32H,7-10,15-16H2,1H3. The van der Waals surface area contributed by atoms with E-state index in [0.29, 0.717) is 19.8 Å². The largest absolute Gasteiger partial charge is 0.378 e. The molecule has 1 aliphatic rings. The van der Waals surface area contributed by atoms with Gasteiger partial charge in [-0.1, -0.05) is 6.07 Å². The summed E-state index contributed by atoms with van der Waals surface area (Å²) in [6.45, 7) is 4.58. The zero-order valence-electron chi connectivity index (χ0n) is 18.0. The second-order valence-electron chi connectivity index (χ2n) is 8.11. The number of ether oxygens (including phenoxy) is 1. The van der Waals surface area contributed by atoms with E-state index in [9.17, 15) is 0 Å². The highest BCUT2D eigenvalue weighted by Crippen LogP contribution is 2.30. The predicted octanol–water partition coefficient (Wildman–Crippen LogP) is 3.78. The molecule has 0 saturated carbocycles. The number of nitrogens with zero attached hydrogens (tertiary/aromatic N) is 5. The number of hydrogen-bond acceptors (Lipinski definition) is 7. The van der Waals surface area contributed by atoms with Gasteiger partial charge < -0.3 is 14.6 Å². The fourth-order valence-electron chi connectivity index (χ4n) is 4.11. The summed E-state index contributed by atoms with van der Waals surface area (Å²) in [5.74, 6) is 1.66. The molecular formula is C24H26N6OS. The lowest BCUT2D eigenvalue weighted by molar-refractivity contribution is 0.122. The van der Waals surface area contributed by atoms with Gasteiger partial charge >= 0.3 is 0 Å². The van der Waals surface area contributed by atoms with Gasteiger partial charge in [-0.25, -0.2) is 9.97 Å². The highest BCUT2D eigenvalue weighted by atomic mass is 32.1.